The van der Waals surface area contributed by atoms with Crippen molar-refractivity contribution in [2.24, 2.45) is 11.5 Å². The number of hydrogen-bond donors (Lipinski definition) is 2. The molecule has 0 aromatic heterocycles. The molecule has 0 saturated heterocycles. The van der Waals surface area contributed by atoms with E-state index in [1.807, 2.05) is 0 Å². The summed E-state index contributed by atoms with van der Waals surface area (Å²) in [5.74, 6) is -1.96. The third-order valence-electron chi connectivity index (χ3n) is 0.728. The first-order valence-electron chi connectivity index (χ1n) is 2.95. The summed E-state index contributed by atoms with van der Waals surface area (Å²) in [4.78, 5) is 31.0. The largest absolute Gasteiger partial charge is 1.00 e. The standard InChI is InChI=1S/C5H8N2O5.2Li.2H/c6-1-3(8)11-5(10)12-4(9)2-7;;;;/h1-2,6-7H2;;;;/q;2*+1;2*-1. The molecular weight excluding hydrogens is 182 g/mol. The average molecular weight is 192 g/mol. The van der Waals surface area contributed by atoms with Crippen LogP contribution in [-0.2, 0) is 19.1 Å². The number of ether oxygens (including phenoxy) is 2. The first-order valence-corrected chi connectivity index (χ1v) is 2.95. The topological polar surface area (TPSA) is 122 Å². The maximum Gasteiger partial charge on any atom is 1.00 e. The molecule has 0 fully saturated rings. The maximum atomic E-state index is 10.4. The van der Waals surface area contributed by atoms with Crippen LogP contribution in [0.15, 0.2) is 0 Å². The van der Waals surface area contributed by atoms with Gasteiger partial charge in [-0.15, -0.1) is 0 Å². The van der Waals surface area contributed by atoms with E-state index < -0.39 is 31.2 Å². The molecule has 0 aliphatic rings. The number of carbonyl (C=O) groups excluding carboxylic acids is 3. The van der Waals surface area contributed by atoms with Gasteiger partial charge in [-0.3, -0.25) is 9.59 Å². The Morgan fingerprint density at radius 3 is 1.43 bits per heavy atom. The van der Waals surface area contributed by atoms with Crippen molar-refractivity contribution in [1.29, 1.82) is 0 Å². The predicted octanol–water partition coefficient (Wildman–Crippen LogP) is -7.66. The van der Waals surface area contributed by atoms with Gasteiger partial charge in [-0.05, 0) is 0 Å². The molecule has 0 radical (unpaired) electrons. The van der Waals surface area contributed by atoms with E-state index in [0.717, 1.165) is 0 Å². The zero-order valence-corrected chi connectivity index (χ0v) is 8.11. The second kappa shape index (κ2) is 10.8. The Bertz CT molecular complexity index is 199. The molecule has 0 aromatic rings. The van der Waals surface area contributed by atoms with Crippen LogP contribution in [0.3, 0.4) is 0 Å². The van der Waals surface area contributed by atoms with Crippen LogP contribution in [0.25, 0.3) is 0 Å². The van der Waals surface area contributed by atoms with Crippen molar-refractivity contribution in [2.75, 3.05) is 13.1 Å². The molecule has 0 atom stereocenters. The zero-order chi connectivity index (χ0) is 9.56. The normalized spacial score (nSPS) is 7.57. The molecule has 0 rings (SSSR count). The molecule has 7 nitrogen and oxygen atoms in total. The fourth-order valence-corrected chi connectivity index (χ4v) is 0.290. The first kappa shape index (κ1) is 19.3. The summed E-state index contributed by atoms with van der Waals surface area (Å²) in [7, 11) is 0. The summed E-state index contributed by atoms with van der Waals surface area (Å²) >= 11 is 0. The molecule has 0 unspecified atom stereocenters. The molecule has 9 heteroatoms. The minimum absolute atomic E-state index is 0. The summed E-state index contributed by atoms with van der Waals surface area (Å²) in [5, 5.41) is 0. The van der Waals surface area contributed by atoms with Crippen LogP contribution in [-0.4, -0.2) is 31.2 Å². The minimum atomic E-state index is -1.42. The third-order valence-corrected chi connectivity index (χ3v) is 0.728. The quantitative estimate of drug-likeness (QED) is 0.253. The van der Waals surface area contributed by atoms with Gasteiger partial charge < -0.3 is 23.8 Å². The molecule has 0 heterocycles. The Morgan fingerprint density at radius 2 is 1.21 bits per heavy atom. The van der Waals surface area contributed by atoms with E-state index in [1.165, 1.54) is 0 Å². The van der Waals surface area contributed by atoms with Gasteiger partial charge in [-0.2, -0.15) is 0 Å². The number of rotatable bonds is 2. The van der Waals surface area contributed by atoms with Crippen LogP contribution in [0, 0.1) is 0 Å². The summed E-state index contributed by atoms with van der Waals surface area (Å²) < 4.78 is 7.74. The van der Waals surface area contributed by atoms with E-state index >= 15 is 0 Å². The predicted molar refractivity (Wildman–Crippen MR) is 37.9 cm³/mol. The summed E-state index contributed by atoms with van der Waals surface area (Å²) in [5.41, 5.74) is 9.58. The second-order valence-corrected chi connectivity index (χ2v) is 1.61. The van der Waals surface area contributed by atoms with E-state index in [4.69, 9.17) is 11.5 Å². The van der Waals surface area contributed by atoms with Crippen LogP contribution in [0.1, 0.15) is 2.85 Å². The Kier molecular flexibility index (Phi) is 14.9. The molecule has 72 valence electrons. The van der Waals surface area contributed by atoms with Crippen molar-refractivity contribution >= 4 is 18.1 Å². The van der Waals surface area contributed by atoms with E-state index in [0.29, 0.717) is 0 Å². The molecule has 0 bridgehead atoms. The molecule has 0 aromatic carbocycles. The van der Waals surface area contributed by atoms with Crippen LogP contribution >= 0.6 is 0 Å². The van der Waals surface area contributed by atoms with Crippen LogP contribution < -0.4 is 49.2 Å². The zero-order valence-electron chi connectivity index (χ0n) is 10.1. The Hall–Kier alpha value is -0.275. The van der Waals surface area contributed by atoms with Gasteiger partial charge in [-0.1, -0.05) is 0 Å². The van der Waals surface area contributed by atoms with Gasteiger partial charge in [0.15, 0.2) is 0 Å². The maximum absolute atomic E-state index is 10.4. The van der Waals surface area contributed by atoms with E-state index in [1.54, 1.807) is 0 Å². The van der Waals surface area contributed by atoms with Gasteiger partial charge >= 0.3 is 55.8 Å². The molecule has 0 spiro atoms. The molecular formula is C5H10Li2N2O5. The van der Waals surface area contributed by atoms with Crippen molar-refractivity contribution in [3.05, 3.63) is 0 Å². The monoisotopic (exact) mass is 192 g/mol. The van der Waals surface area contributed by atoms with Gasteiger partial charge in [0, 0.05) is 0 Å². The summed E-state index contributed by atoms with van der Waals surface area (Å²) in [6, 6.07) is 0. The molecule has 0 aliphatic carbocycles. The van der Waals surface area contributed by atoms with Gasteiger partial charge in [0.1, 0.15) is 0 Å². The first-order chi connectivity index (χ1) is 5.60. The van der Waals surface area contributed by atoms with Crippen molar-refractivity contribution in [3.8, 4) is 0 Å². The van der Waals surface area contributed by atoms with Gasteiger partial charge in [0.25, 0.3) is 0 Å². The van der Waals surface area contributed by atoms with Crippen LogP contribution in [0.2, 0.25) is 0 Å². The van der Waals surface area contributed by atoms with E-state index in [-0.39, 0.29) is 40.6 Å². The Morgan fingerprint density at radius 1 is 0.929 bits per heavy atom. The smallest absolute Gasteiger partial charge is 1.00 e. The van der Waals surface area contributed by atoms with Gasteiger partial charge in [0.2, 0.25) is 0 Å². The van der Waals surface area contributed by atoms with Crippen LogP contribution in [0.5, 0.6) is 0 Å². The number of carbonyl (C=O) groups is 3. The molecule has 4 N–H and O–H groups in total. The second-order valence-electron chi connectivity index (χ2n) is 1.61. The third kappa shape index (κ3) is 9.81. The summed E-state index contributed by atoms with van der Waals surface area (Å²) in [6.07, 6.45) is -1.42. The van der Waals surface area contributed by atoms with Crippen molar-refractivity contribution < 1.29 is 64.4 Å². The SMILES string of the molecule is NCC(=O)OC(=O)OC(=O)CN.[H-].[H-].[Li+].[Li+]. The van der Waals surface area contributed by atoms with Crippen molar-refractivity contribution in [2.45, 2.75) is 0 Å². The molecule has 0 aliphatic heterocycles. The number of esters is 2. The van der Waals surface area contributed by atoms with Gasteiger partial charge in [-0.25, -0.2) is 4.79 Å². The van der Waals surface area contributed by atoms with Crippen molar-refractivity contribution in [1.82, 2.24) is 0 Å². The molecule has 0 saturated carbocycles. The summed E-state index contributed by atoms with van der Waals surface area (Å²) in [6.45, 7) is -0.933. The average Bonchev–Trinajstić information content (AvgIpc) is 2.03. The van der Waals surface area contributed by atoms with Crippen molar-refractivity contribution in [3.63, 3.8) is 0 Å². The Labute approximate surface area is 107 Å². The fraction of sp³-hybridized carbons (Fsp3) is 0.400. The number of hydrogen-bond acceptors (Lipinski definition) is 7. The van der Waals surface area contributed by atoms with Gasteiger partial charge in [0.05, 0.1) is 13.1 Å². The fourth-order valence-electron chi connectivity index (χ4n) is 0.290. The van der Waals surface area contributed by atoms with E-state index in [9.17, 15) is 14.4 Å². The van der Waals surface area contributed by atoms with E-state index in [2.05, 4.69) is 9.47 Å². The van der Waals surface area contributed by atoms with Crippen LogP contribution in [0.4, 0.5) is 4.79 Å². The number of nitrogens with two attached hydrogens (primary N) is 2. The molecule has 0 amide bonds. The Balaban J connectivity index is -0.000000101. The minimum Gasteiger partial charge on any atom is -1.00 e. The molecule has 14 heavy (non-hydrogen) atoms.